The van der Waals surface area contributed by atoms with E-state index in [2.05, 4.69) is 30.9 Å². The first-order valence-corrected chi connectivity index (χ1v) is 9.31. The van der Waals surface area contributed by atoms with Gasteiger partial charge in [-0.25, -0.2) is 0 Å². The minimum absolute atomic E-state index is 0.799. The molecule has 0 saturated heterocycles. The lowest BCUT2D eigenvalue weighted by molar-refractivity contribution is 0.00525. The Morgan fingerprint density at radius 3 is 2.19 bits per heavy atom. The molecule has 0 heterocycles. The van der Waals surface area contributed by atoms with Crippen molar-refractivity contribution in [2.24, 2.45) is 17.8 Å². The second kappa shape index (κ2) is 9.63. The molecule has 0 aromatic rings. The Morgan fingerprint density at radius 2 is 1.67 bits per heavy atom. The van der Waals surface area contributed by atoms with Crippen LogP contribution in [0.1, 0.15) is 65.2 Å². The third-order valence-corrected chi connectivity index (χ3v) is 5.18. The molecule has 0 N–H and O–H groups in total. The van der Waals surface area contributed by atoms with Crippen LogP contribution in [0.15, 0.2) is 12.2 Å². The zero-order valence-electron chi connectivity index (χ0n) is 14.2. The van der Waals surface area contributed by atoms with E-state index >= 15 is 0 Å². The topological polar surface area (TPSA) is 12.5 Å². The lowest BCUT2D eigenvalue weighted by Crippen LogP contribution is -2.30. The third kappa shape index (κ3) is 5.75. The van der Waals surface area contributed by atoms with Crippen molar-refractivity contribution in [1.82, 2.24) is 4.90 Å². The van der Waals surface area contributed by atoms with E-state index in [9.17, 15) is 0 Å². The highest BCUT2D eigenvalue weighted by Crippen LogP contribution is 2.43. The molecule has 2 aliphatic carbocycles. The lowest BCUT2D eigenvalue weighted by atomic mass is 9.95. The minimum atomic E-state index is 0.799. The van der Waals surface area contributed by atoms with Gasteiger partial charge in [0.2, 0.25) is 0 Å². The number of nitrogens with zero attached hydrogens (tertiary/aromatic N) is 1. The molecule has 2 nitrogen and oxygen atoms in total. The van der Waals surface area contributed by atoms with Crippen LogP contribution in [0.5, 0.6) is 0 Å². The first kappa shape index (κ1) is 17.0. The molecule has 0 spiro atoms. The minimum Gasteiger partial charge on any atom is -0.366 e. The Hall–Kier alpha value is -0.340. The summed E-state index contributed by atoms with van der Waals surface area (Å²) in [6.07, 6.45) is 15.6. The van der Waals surface area contributed by atoms with Gasteiger partial charge in [-0.1, -0.05) is 51.7 Å². The van der Waals surface area contributed by atoms with Crippen molar-refractivity contribution in [3.05, 3.63) is 12.2 Å². The highest BCUT2D eigenvalue weighted by molar-refractivity contribution is 5.09. The van der Waals surface area contributed by atoms with Crippen molar-refractivity contribution in [3.8, 4) is 0 Å². The van der Waals surface area contributed by atoms with Gasteiger partial charge >= 0.3 is 0 Å². The van der Waals surface area contributed by atoms with E-state index in [0.717, 1.165) is 31.1 Å². The van der Waals surface area contributed by atoms with Gasteiger partial charge in [0.1, 0.15) is 0 Å². The Kier molecular flexibility index (Phi) is 7.81. The van der Waals surface area contributed by atoms with Crippen molar-refractivity contribution < 1.29 is 4.74 Å². The van der Waals surface area contributed by atoms with Gasteiger partial charge in [-0.2, -0.15) is 0 Å². The summed E-state index contributed by atoms with van der Waals surface area (Å²) in [5.74, 6) is 2.49. The molecule has 0 aliphatic heterocycles. The summed E-state index contributed by atoms with van der Waals surface area (Å²) >= 11 is 0. The van der Waals surface area contributed by atoms with Crippen LogP contribution < -0.4 is 0 Å². The predicted molar refractivity (Wildman–Crippen MR) is 90.3 cm³/mol. The largest absolute Gasteiger partial charge is 0.366 e. The van der Waals surface area contributed by atoms with Gasteiger partial charge < -0.3 is 4.74 Å². The standard InChI is InChI=1S/C19H35NO/c1-3-5-7-11-20(12-8-6-4-2)16-21-15-19-14-17-9-10-18(19)13-17/h9-10,17-19H,3-8,11-16H2,1-2H3. The summed E-state index contributed by atoms with van der Waals surface area (Å²) in [5.41, 5.74) is 0. The molecule has 21 heavy (non-hydrogen) atoms. The predicted octanol–water partition coefficient (Wildman–Crippen LogP) is 4.86. The SMILES string of the molecule is CCCCCN(CCCCC)COCC1CC2C=CC1C2. The summed E-state index contributed by atoms with van der Waals surface area (Å²) in [6, 6.07) is 0. The van der Waals surface area contributed by atoms with Gasteiger partial charge in [-0.3, -0.25) is 4.90 Å². The highest BCUT2D eigenvalue weighted by Gasteiger charge is 2.35. The molecule has 0 amide bonds. The van der Waals surface area contributed by atoms with Gasteiger partial charge in [0.05, 0.1) is 13.3 Å². The van der Waals surface area contributed by atoms with E-state index in [1.165, 1.54) is 64.5 Å². The summed E-state index contributed by atoms with van der Waals surface area (Å²) in [5, 5.41) is 0. The fraction of sp³-hybridized carbons (Fsp3) is 0.895. The molecule has 2 aliphatic rings. The molecule has 122 valence electrons. The Bertz CT molecular complexity index is 292. The van der Waals surface area contributed by atoms with Crippen molar-refractivity contribution >= 4 is 0 Å². The normalized spacial score (nSPS) is 27.1. The first-order chi connectivity index (χ1) is 10.3. The summed E-state index contributed by atoms with van der Waals surface area (Å²) in [4.78, 5) is 2.54. The fourth-order valence-electron chi connectivity index (χ4n) is 3.83. The van der Waals surface area contributed by atoms with Crippen LogP contribution in [0.3, 0.4) is 0 Å². The number of unbranched alkanes of at least 4 members (excludes halogenated alkanes) is 4. The van der Waals surface area contributed by atoms with Crippen LogP contribution in [0.4, 0.5) is 0 Å². The van der Waals surface area contributed by atoms with E-state index in [4.69, 9.17) is 4.74 Å². The van der Waals surface area contributed by atoms with Crippen LogP contribution in [0.2, 0.25) is 0 Å². The molecule has 3 unspecified atom stereocenters. The number of allylic oxidation sites excluding steroid dienone is 2. The quantitative estimate of drug-likeness (QED) is 0.289. The van der Waals surface area contributed by atoms with Crippen molar-refractivity contribution in [1.29, 1.82) is 0 Å². The number of rotatable bonds is 12. The van der Waals surface area contributed by atoms with Gasteiger partial charge in [-0.15, -0.1) is 0 Å². The van der Waals surface area contributed by atoms with Crippen LogP contribution in [-0.2, 0) is 4.74 Å². The smallest absolute Gasteiger partial charge is 0.0990 e. The Balaban J connectivity index is 1.61. The van der Waals surface area contributed by atoms with E-state index in [0.29, 0.717) is 0 Å². The molecular weight excluding hydrogens is 258 g/mol. The van der Waals surface area contributed by atoms with Crippen molar-refractivity contribution in [2.45, 2.75) is 65.2 Å². The highest BCUT2D eigenvalue weighted by atomic mass is 16.5. The summed E-state index contributed by atoms with van der Waals surface area (Å²) in [7, 11) is 0. The number of hydrogen-bond acceptors (Lipinski definition) is 2. The number of hydrogen-bond donors (Lipinski definition) is 0. The van der Waals surface area contributed by atoms with Crippen LogP contribution >= 0.6 is 0 Å². The van der Waals surface area contributed by atoms with E-state index in [1.54, 1.807) is 0 Å². The summed E-state index contributed by atoms with van der Waals surface area (Å²) < 4.78 is 6.09. The van der Waals surface area contributed by atoms with Crippen LogP contribution in [0, 0.1) is 17.8 Å². The average Bonchev–Trinajstić information content (AvgIpc) is 3.10. The molecular formula is C19H35NO. The average molecular weight is 293 g/mol. The Morgan fingerprint density at radius 1 is 0.952 bits per heavy atom. The van der Waals surface area contributed by atoms with E-state index in [-0.39, 0.29) is 0 Å². The van der Waals surface area contributed by atoms with E-state index < -0.39 is 0 Å². The molecule has 2 rings (SSSR count). The van der Waals surface area contributed by atoms with Gasteiger partial charge in [0.25, 0.3) is 0 Å². The van der Waals surface area contributed by atoms with Crippen molar-refractivity contribution in [3.63, 3.8) is 0 Å². The summed E-state index contributed by atoms with van der Waals surface area (Å²) in [6.45, 7) is 8.82. The maximum Gasteiger partial charge on any atom is 0.0990 e. The molecule has 0 aromatic heterocycles. The molecule has 1 saturated carbocycles. The van der Waals surface area contributed by atoms with Gasteiger partial charge in [0.15, 0.2) is 0 Å². The zero-order valence-corrected chi connectivity index (χ0v) is 14.2. The molecule has 3 atom stereocenters. The molecule has 1 fully saturated rings. The second-order valence-corrected chi connectivity index (χ2v) is 7.07. The molecule has 0 radical (unpaired) electrons. The number of fused-ring (bicyclic) bond motifs is 2. The lowest BCUT2D eigenvalue weighted by Gasteiger charge is -2.24. The van der Waals surface area contributed by atoms with Crippen molar-refractivity contribution in [2.75, 3.05) is 26.4 Å². The van der Waals surface area contributed by atoms with Gasteiger partial charge in [-0.05, 0) is 43.4 Å². The maximum absolute atomic E-state index is 6.09. The number of ether oxygens (including phenoxy) is 1. The molecule has 2 heteroatoms. The Labute approximate surface area is 131 Å². The first-order valence-electron chi connectivity index (χ1n) is 9.31. The van der Waals surface area contributed by atoms with E-state index in [1.807, 2.05) is 0 Å². The zero-order chi connectivity index (χ0) is 14.9. The monoisotopic (exact) mass is 293 g/mol. The van der Waals surface area contributed by atoms with Gasteiger partial charge in [0, 0.05) is 13.1 Å². The molecule has 0 aromatic carbocycles. The molecule has 2 bridgehead atoms. The fourth-order valence-corrected chi connectivity index (χ4v) is 3.83. The third-order valence-electron chi connectivity index (χ3n) is 5.18. The van der Waals surface area contributed by atoms with Crippen LogP contribution in [0.25, 0.3) is 0 Å². The second-order valence-electron chi connectivity index (χ2n) is 7.07. The van der Waals surface area contributed by atoms with Crippen LogP contribution in [-0.4, -0.2) is 31.3 Å². The maximum atomic E-state index is 6.09.